The van der Waals surface area contributed by atoms with Crippen molar-refractivity contribution >= 4 is 12.0 Å². The van der Waals surface area contributed by atoms with Crippen molar-refractivity contribution in [3.05, 3.63) is 53.6 Å². The van der Waals surface area contributed by atoms with Crippen LogP contribution >= 0.6 is 0 Å². The van der Waals surface area contributed by atoms with Crippen molar-refractivity contribution in [1.29, 1.82) is 0 Å². The molecular weight excluding hydrogens is 434 g/mol. The molecule has 0 aliphatic carbocycles. The van der Waals surface area contributed by atoms with Crippen LogP contribution in [0.4, 0.5) is 4.79 Å². The summed E-state index contributed by atoms with van der Waals surface area (Å²) in [6.45, 7) is 8.68. The van der Waals surface area contributed by atoms with Crippen LogP contribution in [0.3, 0.4) is 0 Å². The Balaban J connectivity index is 1.51. The first-order valence-electron chi connectivity index (χ1n) is 11.7. The minimum absolute atomic E-state index is 0.252. The van der Waals surface area contributed by atoms with Crippen molar-refractivity contribution in [2.75, 3.05) is 19.7 Å². The normalized spacial score (nSPS) is 18.7. The number of fused-ring (bicyclic) bond motifs is 2. The molecule has 2 aromatic carbocycles. The minimum Gasteiger partial charge on any atom is -0.494 e. The van der Waals surface area contributed by atoms with Crippen molar-refractivity contribution in [1.82, 2.24) is 10.2 Å². The minimum atomic E-state index is -1.09. The number of rotatable bonds is 4. The van der Waals surface area contributed by atoms with Gasteiger partial charge in [-0.1, -0.05) is 18.2 Å². The fraction of sp³-hybridized carbons (Fsp3) is 0.462. The lowest BCUT2D eigenvalue weighted by Gasteiger charge is -2.39. The van der Waals surface area contributed by atoms with Gasteiger partial charge in [0.2, 0.25) is 5.91 Å². The molecule has 1 atom stereocenters. The number of hydrogen-bond acceptors (Lipinski definition) is 6. The highest BCUT2D eigenvalue weighted by molar-refractivity contribution is 5.87. The molecule has 2 aliphatic heterocycles. The highest BCUT2D eigenvalue weighted by Crippen LogP contribution is 2.44. The molecule has 8 heteroatoms. The van der Waals surface area contributed by atoms with Crippen molar-refractivity contribution in [3.8, 4) is 17.2 Å². The molecule has 1 saturated heterocycles. The molecule has 8 nitrogen and oxygen atoms in total. The summed E-state index contributed by atoms with van der Waals surface area (Å²) in [5, 5.41) is 3.16. The second kappa shape index (κ2) is 9.18. The van der Waals surface area contributed by atoms with E-state index in [9.17, 15) is 9.59 Å². The molecule has 2 aliphatic rings. The average Bonchev–Trinajstić information content (AvgIpc) is 2.78. The van der Waals surface area contributed by atoms with Crippen LogP contribution in [-0.4, -0.2) is 47.7 Å². The van der Waals surface area contributed by atoms with Crippen LogP contribution in [-0.2, 0) is 9.53 Å². The third-order valence-corrected chi connectivity index (χ3v) is 6.09. The Morgan fingerprint density at radius 3 is 2.47 bits per heavy atom. The van der Waals surface area contributed by atoms with Gasteiger partial charge >= 0.3 is 6.09 Å². The van der Waals surface area contributed by atoms with Crippen molar-refractivity contribution in [2.45, 2.75) is 57.7 Å². The number of carbonyl (C=O) groups is 2. The van der Waals surface area contributed by atoms with Gasteiger partial charge in [0, 0.05) is 30.3 Å². The number of hydrogen-bond donors (Lipinski definition) is 2. The molecular formula is C26H33N3O5. The monoisotopic (exact) mass is 467 g/mol. The average molecular weight is 468 g/mol. The van der Waals surface area contributed by atoms with Gasteiger partial charge in [-0.15, -0.1) is 0 Å². The zero-order valence-corrected chi connectivity index (χ0v) is 20.2. The Bertz CT molecular complexity index is 1070. The number of benzene rings is 2. The maximum Gasteiger partial charge on any atom is 0.410 e. The van der Waals surface area contributed by atoms with E-state index in [1.54, 1.807) is 4.90 Å². The Morgan fingerprint density at radius 1 is 1.12 bits per heavy atom. The number of ether oxygens (including phenoxy) is 3. The van der Waals surface area contributed by atoms with Gasteiger partial charge in [-0.25, -0.2) is 4.79 Å². The summed E-state index contributed by atoms with van der Waals surface area (Å²) in [5.74, 6) is 1.77. The maximum atomic E-state index is 13.4. The SMILES string of the molecule is CCOc1ccc2c(c1)Oc1ccccc1C2NC(=O)C1(N)CCN(C(=O)OC(C)(C)C)CC1. The van der Waals surface area contributed by atoms with Gasteiger partial charge in [-0.2, -0.15) is 0 Å². The summed E-state index contributed by atoms with van der Waals surface area (Å²) in [6, 6.07) is 12.8. The summed E-state index contributed by atoms with van der Waals surface area (Å²) >= 11 is 0. The number of para-hydroxylation sites is 1. The summed E-state index contributed by atoms with van der Waals surface area (Å²) in [4.78, 5) is 27.5. The molecule has 0 radical (unpaired) electrons. The largest absolute Gasteiger partial charge is 0.494 e. The molecule has 0 spiro atoms. The molecule has 0 saturated carbocycles. The fourth-order valence-electron chi connectivity index (χ4n) is 4.27. The number of amides is 2. The van der Waals surface area contributed by atoms with Crippen LogP contribution in [0, 0.1) is 0 Å². The second-order valence-electron chi connectivity index (χ2n) is 9.80. The highest BCUT2D eigenvalue weighted by Gasteiger charge is 2.41. The molecule has 0 bridgehead atoms. The first kappa shape index (κ1) is 23.9. The predicted molar refractivity (Wildman–Crippen MR) is 128 cm³/mol. The highest BCUT2D eigenvalue weighted by atomic mass is 16.6. The van der Waals surface area contributed by atoms with E-state index in [4.69, 9.17) is 19.9 Å². The van der Waals surface area contributed by atoms with Crippen LogP contribution < -0.4 is 20.5 Å². The number of nitrogens with one attached hydrogen (secondary N) is 1. The van der Waals surface area contributed by atoms with Crippen molar-refractivity contribution in [2.24, 2.45) is 5.73 Å². The standard InChI is InChI=1S/C26H33N3O5/c1-5-32-17-10-11-19-21(16-17)33-20-9-7-6-8-18(20)22(19)28-23(30)26(27)12-14-29(15-13-26)24(31)34-25(2,3)4/h6-11,16,22H,5,12-15,27H2,1-4H3,(H,28,30). The summed E-state index contributed by atoms with van der Waals surface area (Å²) < 4.78 is 17.2. The van der Waals surface area contributed by atoms with Crippen molar-refractivity contribution < 1.29 is 23.8 Å². The Hall–Kier alpha value is -3.26. The van der Waals surface area contributed by atoms with E-state index < -0.39 is 17.2 Å². The van der Waals surface area contributed by atoms with Gasteiger partial charge in [0.1, 0.15) is 22.8 Å². The predicted octanol–water partition coefficient (Wildman–Crippen LogP) is 4.13. The maximum absolute atomic E-state index is 13.4. The third-order valence-electron chi connectivity index (χ3n) is 6.09. The lowest BCUT2D eigenvalue weighted by Crippen LogP contribution is -2.60. The molecule has 2 aromatic rings. The van der Waals surface area contributed by atoms with Gasteiger partial charge < -0.3 is 30.2 Å². The van der Waals surface area contributed by atoms with Crippen LogP contribution in [0.25, 0.3) is 0 Å². The molecule has 3 N–H and O–H groups in total. The number of likely N-dealkylation sites (tertiary alicyclic amines) is 1. The van der Waals surface area contributed by atoms with Crippen molar-refractivity contribution in [3.63, 3.8) is 0 Å². The molecule has 1 unspecified atom stereocenters. The number of carbonyl (C=O) groups excluding carboxylic acids is 2. The summed E-state index contributed by atoms with van der Waals surface area (Å²) in [5.41, 5.74) is 6.61. The first-order chi connectivity index (χ1) is 16.1. The summed E-state index contributed by atoms with van der Waals surface area (Å²) in [6.07, 6.45) is 0.311. The summed E-state index contributed by atoms with van der Waals surface area (Å²) in [7, 11) is 0. The lowest BCUT2D eigenvalue weighted by atomic mass is 9.86. The zero-order valence-electron chi connectivity index (χ0n) is 20.2. The quantitative estimate of drug-likeness (QED) is 0.701. The van der Waals surface area contributed by atoms with Crippen LogP contribution in [0.2, 0.25) is 0 Å². The van der Waals surface area contributed by atoms with Gasteiger partial charge in [0.25, 0.3) is 0 Å². The first-order valence-corrected chi connectivity index (χ1v) is 11.7. The third kappa shape index (κ3) is 4.97. The van der Waals surface area contributed by atoms with E-state index in [1.165, 1.54) is 0 Å². The molecule has 2 heterocycles. The zero-order chi connectivity index (χ0) is 24.5. The number of piperidine rings is 1. The van der Waals surface area contributed by atoms with Crippen LogP contribution in [0.1, 0.15) is 57.7 Å². The number of nitrogens with two attached hydrogens (primary N) is 1. The second-order valence-corrected chi connectivity index (χ2v) is 9.80. The molecule has 4 rings (SSSR count). The van der Waals surface area contributed by atoms with Gasteiger partial charge in [-0.3, -0.25) is 4.79 Å². The topological polar surface area (TPSA) is 103 Å². The Kier molecular flexibility index (Phi) is 6.45. The smallest absolute Gasteiger partial charge is 0.410 e. The van der Waals surface area contributed by atoms with Gasteiger partial charge in [-0.05, 0) is 58.7 Å². The van der Waals surface area contributed by atoms with Gasteiger partial charge in [0.15, 0.2) is 0 Å². The van der Waals surface area contributed by atoms with E-state index in [-0.39, 0.29) is 12.0 Å². The molecule has 2 amide bonds. The van der Waals surface area contributed by atoms with E-state index in [2.05, 4.69) is 5.32 Å². The van der Waals surface area contributed by atoms with E-state index in [1.807, 2.05) is 70.2 Å². The molecule has 34 heavy (non-hydrogen) atoms. The van der Waals surface area contributed by atoms with Gasteiger partial charge in [0.05, 0.1) is 18.2 Å². The Morgan fingerprint density at radius 2 is 1.79 bits per heavy atom. The Labute approximate surface area is 200 Å². The molecule has 1 fully saturated rings. The van der Waals surface area contributed by atoms with E-state index >= 15 is 0 Å². The fourth-order valence-corrected chi connectivity index (χ4v) is 4.27. The van der Waals surface area contributed by atoms with E-state index in [0.29, 0.717) is 49.8 Å². The molecule has 182 valence electrons. The van der Waals surface area contributed by atoms with Crippen LogP contribution in [0.15, 0.2) is 42.5 Å². The number of nitrogens with zero attached hydrogens (tertiary/aromatic N) is 1. The lowest BCUT2D eigenvalue weighted by molar-refractivity contribution is -0.128. The van der Waals surface area contributed by atoms with E-state index in [0.717, 1.165) is 11.1 Å². The van der Waals surface area contributed by atoms with Crippen LogP contribution in [0.5, 0.6) is 17.2 Å². The molecule has 0 aromatic heterocycles.